The molecule has 0 fully saturated rings. The van der Waals surface area contributed by atoms with Crippen molar-refractivity contribution in [3.05, 3.63) is 34.4 Å². The number of aliphatic hydroxyl groups is 1. The van der Waals surface area contributed by atoms with Crippen LogP contribution in [0.4, 0.5) is 0 Å². The minimum absolute atomic E-state index is 0.341. The minimum atomic E-state index is -0.341. The van der Waals surface area contributed by atoms with Gasteiger partial charge in [-0.05, 0) is 63.4 Å². The van der Waals surface area contributed by atoms with E-state index < -0.39 is 0 Å². The van der Waals surface area contributed by atoms with E-state index in [4.69, 9.17) is 0 Å². The quantitative estimate of drug-likeness (QED) is 0.771. The van der Waals surface area contributed by atoms with Gasteiger partial charge in [0, 0.05) is 6.54 Å². The standard InChI is InChI=1S/C18H31NO/c1-6-8-10-19(7-2)11-9-17(20)18-15(4)12-14(3)13-16(18)5/h12-13,17,20H,6-11H2,1-5H3. The van der Waals surface area contributed by atoms with Gasteiger partial charge < -0.3 is 10.0 Å². The van der Waals surface area contributed by atoms with Crippen LogP contribution in [0.2, 0.25) is 0 Å². The summed E-state index contributed by atoms with van der Waals surface area (Å²) in [5.41, 5.74) is 4.83. The zero-order valence-electron chi connectivity index (χ0n) is 13.9. The summed E-state index contributed by atoms with van der Waals surface area (Å²) >= 11 is 0. The van der Waals surface area contributed by atoms with E-state index in [1.807, 2.05) is 0 Å². The molecule has 0 saturated carbocycles. The maximum atomic E-state index is 10.5. The largest absolute Gasteiger partial charge is 0.388 e. The third-order valence-electron chi connectivity index (χ3n) is 4.07. The van der Waals surface area contributed by atoms with Gasteiger partial charge in [-0.15, -0.1) is 0 Å². The van der Waals surface area contributed by atoms with E-state index in [0.717, 1.165) is 31.6 Å². The van der Waals surface area contributed by atoms with Gasteiger partial charge in [-0.2, -0.15) is 0 Å². The first-order valence-corrected chi connectivity index (χ1v) is 7.97. The average Bonchev–Trinajstić information content (AvgIpc) is 2.37. The zero-order valence-corrected chi connectivity index (χ0v) is 13.9. The molecule has 0 bridgehead atoms. The second-order valence-electron chi connectivity index (χ2n) is 5.90. The number of aryl methyl sites for hydroxylation is 3. The molecule has 0 spiro atoms. The summed E-state index contributed by atoms with van der Waals surface area (Å²) < 4.78 is 0. The monoisotopic (exact) mass is 277 g/mol. The molecule has 2 nitrogen and oxygen atoms in total. The highest BCUT2D eigenvalue weighted by Gasteiger charge is 2.15. The van der Waals surface area contributed by atoms with Crippen LogP contribution < -0.4 is 0 Å². The van der Waals surface area contributed by atoms with Crippen LogP contribution in [0.15, 0.2) is 12.1 Å². The molecule has 0 aliphatic heterocycles. The van der Waals surface area contributed by atoms with Crippen LogP contribution in [0.3, 0.4) is 0 Å². The summed E-state index contributed by atoms with van der Waals surface area (Å²) in [7, 11) is 0. The number of hydrogen-bond acceptors (Lipinski definition) is 2. The Morgan fingerprint density at radius 3 is 2.15 bits per heavy atom. The Bertz CT molecular complexity index is 391. The third kappa shape index (κ3) is 4.92. The fourth-order valence-corrected chi connectivity index (χ4v) is 2.98. The van der Waals surface area contributed by atoms with Crippen LogP contribution in [0, 0.1) is 20.8 Å². The lowest BCUT2D eigenvalue weighted by molar-refractivity contribution is 0.142. The number of unbranched alkanes of at least 4 members (excludes halogenated alkanes) is 1. The molecule has 0 aliphatic carbocycles. The van der Waals surface area contributed by atoms with Gasteiger partial charge in [-0.1, -0.05) is 38.0 Å². The van der Waals surface area contributed by atoms with E-state index >= 15 is 0 Å². The van der Waals surface area contributed by atoms with Gasteiger partial charge in [0.25, 0.3) is 0 Å². The molecule has 1 aromatic rings. The fraction of sp³-hybridized carbons (Fsp3) is 0.667. The molecule has 1 aromatic carbocycles. The average molecular weight is 277 g/mol. The lowest BCUT2D eigenvalue weighted by Crippen LogP contribution is -2.27. The van der Waals surface area contributed by atoms with Crippen molar-refractivity contribution in [3.8, 4) is 0 Å². The molecule has 0 aliphatic rings. The molecule has 2 heteroatoms. The lowest BCUT2D eigenvalue weighted by atomic mass is 9.94. The van der Waals surface area contributed by atoms with E-state index in [1.54, 1.807) is 0 Å². The van der Waals surface area contributed by atoms with Crippen molar-refractivity contribution in [1.82, 2.24) is 4.90 Å². The first kappa shape index (κ1) is 17.2. The molecule has 1 rings (SSSR count). The second-order valence-corrected chi connectivity index (χ2v) is 5.90. The summed E-state index contributed by atoms with van der Waals surface area (Å²) in [5.74, 6) is 0. The zero-order chi connectivity index (χ0) is 15.1. The van der Waals surface area contributed by atoms with E-state index in [9.17, 15) is 5.11 Å². The summed E-state index contributed by atoms with van der Waals surface area (Å²) in [6, 6.07) is 4.33. The van der Waals surface area contributed by atoms with Crippen LogP contribution in [0.1, 0.15) is 61.5 Å². The van der Waals surface area contributed by atoms with Crippen molar-refractivity contribution in [2.75, 3.05) is 19.6 Å². The van der Waals surface area contributed by atoms with Crippen molar-refractivity contribution >= 4 is 0 Å². The normalized spacial score (nSPS) is 12.9. The maximum absolute atomic E-state index is 10.5. The molecule has 0 amide bonds. The van der Waals surface area contributed by atoms with Crippen molar-refractivity contribution < 1.29 is 5.11 Å². The number of aliphatic hydroxyl groups excluding tert-OH is 1. The SMILES string of the molecule is CCCCN(CC)CCC(O)c1c(C)cc(C)cc1C. The number of nitrogens with zero attached hydrogens (tertiary/aromatic N) is 1. The predicted molar refractivity (Wildman–Crippen MR) is 87.3 cm³/mol. The highest BCUT2D eigenvalue weighted by Crippen LogP contribution is 2.26. The molecule has 0 radical (unpaired) electrons. The Balaban J connectivity index is 2.64. The van der Waals surface area contributed by atoms with Gasteiger partial charge in [-0.3, -0.25) is 0 Å². The second kappa shape index (κ2) is 8.43. The number of hydrogen-bond donors (Lipinski definition) is 1. The van der Waals surface area contributed by atoms with Crippen LogP contribution in [0.5, 0.6) is 0 Å². The molecule has 1 N–H and O–H groups in total. The Morgan fingerprint density at radius 1 is 1.05 bits per heavy atom. The molecular formula is C18H31NO. The van der Waals surface area contributed by atoms with Crippen molar-refractivity contribution in [3.63, 3.8) is 0 Å². The summed E-state index contributed by atoms with van der Waals surface area (Å²) in [6.07, 6.45) is 2.95. The molecule has 1 atom stereocenters. The molecule has 20 heavy (non-hydrogen) atoms. The number of rotatable bonds is 8. The maximum Gasteiger partial charge on any atom is 0.0807 e. The van der Waals surface area contributed by atoms with Gasteiger partial charge in [-0.25, -0.2) is 0 Å². The van der Waals surface area contributed by atoms with Crippen LogP contribution in [-0.4, -0.2) is 29.6 Å². The summed E-state index contributed by atoms with van der Waals surface area (Å²) in [5, 5.41) is 10.5. The first-order chi connectivity index (χ1) is 9.49. The Kier molecular flexibility index (Phi) is 7.25. The van der Waals surface area contributed by atoms with Gasteiger partial charge in [0.05, 0.1) is 6.10 Å². The molecule has 114 valence electrons. The Morgan fingerprint density at radius 2 is 1.65 bits per heavy atom. The molecule has 0 heterocycles. The highest BCUT2D eigenvalue weighted by atomic mass is 16.3. The Labute approximate surface area is 124 Å². The summed E-state index contributed by atoms with van der Waals surface area (Å²) in [6.45, 7) is 13.9. The number of benzene rings is 1. The summed E-state index contributed by atoms with van der Waals surface area (Å²) in [4.78, 5) is 2.44. The van der Waals surface area contributed by atoms with Gasteiger partial charge in [0.1, 0.15) is 0 Å². The minimum Gasteiger partial charge on any atom is -0.388 e. The fourth-order valence-electron chi connectivity index (χ4n) is 2.98. The van der Waals surface area contributed by atoms with Crippen LogP contribution in [0.25, 0.3) is 0 Å². The van der Waals surface area contributed by atoms with Gasteiger partial charge in [0.2, 0.25) is 0 Å². The van der Waals surface area contributed by atoms with Gasteiger partial charge >= 0.3 is 0 Å². The molecule has 0 saturated heterocycles. The van der Waals surface area contributed by atoms with Crippen molar-refractivity contribution in [1.29, 1.82) is 0 Å². The Hall–Kier alpha value is -0.860. The molecule has 1 unspecified atom stereocenters. The lowest BCUT2D eigenvalue weighted by Gasteiger charge is -2.23. The van der Waals surface area contributed by atoms with E-state index in [2.05, 4.69) is 51.7 Å². The van der Waals surface area contributed by atoms with Crippen LogP contribution in [-0.2, 0) is 0 Å². The third-order valence-corrected chi connectivity index (χ3v) is 4.07. The van der Waals surface area contributed by atoms with E-state index in [0.29, 0.717) is 0 Å². The van der Waals surface area contributed by atoms with Crippen molar-refractivity contribution in [2.45, 2.75) is 60.0 Å². The van der Waals surface area contributed by atoms with E-state index in [1.165, 1.54) is 29.5 Å². The molecular weight excluding hydrogens is 246 g/mol. The molecule has 0 aromatic heterocycles. The topological polar surface area (TPSA) is 23.5 Å². The van der Waals surface area contributed by atoms with Gasteiger partial charge in [0.15, 0.2) is 0 Å². The first-order valence-electron chi connectivity index (χ1n) is 7.97. The van der Waals surface area contributed by atoms with Crippen LogP contribution >= 0.6 is 0 Å². The predicted octanol–water partition coefficient (Wildman–Crippen LogP) is 4.16. The smallest absolute Gasteiger partial charge is 0.0807 e. The van der Waals surface area contributed by atoms with E-state index in [-0.39, 0.29) is 6.10 Å². The van der Waals surface area contributed by atoms with Crippen molar-refractivity contribution in [2.24, 2.45) is 0 Å². The highest BCUT2D eigenvalue weighted by molar-refractivity contribution is 5.38.